The number of aromatic nitrogens is 1. The second-order valence-corrected chi connectivity index (χ2v) is 8.97. The van der Waals surface area contributed by atoms with E-state index in [1.54, 1.807) is 11.3 Å². The molecular weight excluding hydrogens is 344 g/mol. The van der Waals surface area contributed by atoms with Gasteiger partial charge in [-0.1, -0.05) is 6.07 Å². The van der Waals surface area contributed by atoms with Crippen LogP contribution >= 0.6 is 22.9 Å². The smallest absolute Gasteiger partial charge is 0.407 e. The minimum atomic E-state index is -0.475. The molecule has 24 heavy (non-hydrogen) atoms. The van der Waals surface area contributed by atoms with E-state index in [1.807, 2.05) is 33.0 Å². The van der Waals surface area contributed by atoms with Crippen molar-refractivity contribution in [1.82, 2.24) is 10.3 Å². The van der Waals surface area contributed by atoms with Crippen molar-refractivity contribution in [3.63, 3.8) is 0 Å². The number of nitrogens with one attached hydrogen (secondary N) is 1. The fourth-order valence-corrected chi connectivity index (χ4v) is 4.63. The molecule has 0 saturated heterocycles. The van der Waals surface area contributed by atoms with E-state index in [-0.39, 0.29) is 17.0 Å². The summed E-state index contributed by atoms with van der Waals surface area (Å²) in [6.07, 6.45) is 4.82. The molecule has 0 aromatic carbocycles. The van der Waals surface area contributed by atoms with Gasteiger partial charge >= 0.3 is 6.09 Å². The number of hydrogen-bond acceptors (Lipinski definition) is 4. The van der Waals surface area contributed by atoms with Gasteiger partial charge in [0, 0.05) is 17.6 Å². The van der Waals surface area contributed by atoms with E-state index in [1.165, 1.54) is 5.56 Å². The zero-order valence-corrected chi connectivity index (χ0v) is 15.8. The number of pyridine rings is 1. The molecule has 6 heteroatoms. The summed E-state index contributed by atoms with van der Waals surface area (Å²) in [5.74, 6) is 0. The van der Waals surface area contributed by atoms with Gasteiger partial charge in [0.2, 0.25) is 0 Å². The van der Waals surface area contributed by atoms with E-state index in [4.69, 9.17) is 16.3 Å². The number of hydrogen-bond donors (Lipinski definition) is 1. The summed E-state index contributed by atoms with van der Waals surface area (Å²) in [4.78, 5) is 17.0. The van der Waals surface area contributed by atoms with Crippen LogP contribution in [0.5, 0.6) is 0 Å². The maximum absolute atomic E-state index is 11.9. The number of carbonyl (C=O) groups excluding carboxylic acids is 1. The molecule has 0 unspecified atom stereocenters. The molecule has 0 radical (unpaired) electrons. The molecule has 0 aliphatic heterocycles. The molecule has 130 valence electrons. The third-order valence-corrected chi connectivity index (χ3v) is 5.82. The number of thiophene rings is 1. The fourth-order valence-electron chi connectivity index (χ4n) is 3.18. The van der Waals surface area contributed by atoms with Crippen molar-refractivity contribution in [3.8, 4) is 0 Å². The number of ether oxygens (including phenoxy) is 1. The number of alkyl carbamates (subject to hydrolysis) is 1. The average Bonchev–Trinajstić information content (AvgIpc) is 2.93. The first-order chi connectivity index (χ1) is 11.3. The number of halogens is 1. The van der Waals surface area contributed by atoms with E-state index >= 15 is 0 Å². The fraction of sp³-hybridized carbons (Fsp3) is 0.556. The van der Waals surface area contributed by atoms with Gasteiger partial charge in [0.25, 0.3) is 0 Å². The lowest BCUT2D eigenvalue weighted by molar-refractivity contribution is 0.0489. The number of carbonyl (C=O) groups is 1. The summed E-state index contributed by atoms with van der Waals surface area (Å²) in [6, 6.07) is 4.16. The molecule has 1 amide bonds. The van der Waals surface area contributed by atoms with Gasteiger partial charge in [-0.05, 0) is 63.5 Å². The summed E-state index contributed by atoms with van der Waals surface area (Å²) in [5.41, 5.74) is 0.699. The Bertz CT molecular complexity index is 730. The maximum Gasteiger partial charge on any atom is 0.407 e. The van der Waals surface area contributed by atoms with Crippen molar-refractivity contribution in [2.24, 2.45) is 0 Å². The van der Waals surface area contributed by atoms with Gasteiger partial charge in [0.05, 0.1) is 4.87 Å². The molecule has 1 N–H and O–H groups in total. The predicted molar refractivity (Wildman–Crippen MR) is 98.8 cm³/mol. The normalized spacial score (nSPS) is 24.8. The summed E-state index contributed by atoms with van der Waals surface area (Å²) in [5, 5.41) is 6.25. The third kappa shape index (κ3) is 3.83. The summed E-state index contributed by atoms with van der Waals surface area (Å²) < 4.78 is 5.33. The van der Waals surface area contributed by atoms with Gasteiger partial charge < -0.3 is 10.1 Å². The van der Waals surface area contributed by atoms with E-state index in [0.717, 1.165) is 35.9 Å². The number of nitrogens with zero attached hydrogens (tertiary/aromatic N) is 1. The number of alkyl halides is 1. The van der Waals surface area contributed by atoms with Crippen molar-refractivity contribution >= 4 is 39.2 Å². The molecule has 1 saturated carbocycles. The van der Waals surface area contributed by atoms with Crippen molar-refractivity contribution in [2.75, 3.05) is 0 Å². The first kappa shape index (κ1) is 17.5. The molecular formula is C18H23ClN2O2S. The second-order valence-electron chi connectivity index (χ2n) is 7.39. The van der Waals surface area contributed by atoms with Crippen LogP contribution in [0.15, 0.2) is 23.7 Å². The quantitative estimate of drug-likeness (QED) is 0.743. The zero-order valence-electron chi connectivity index (χ0n) is 14.3. The van der Waals surface area contributed by atoms with Crippen LogP contribution in [0.2, 0.25) is 0 Å². The topological polar surface area (TPSA) is 51.2 Å². The summed E-state index contributed by atoms with van der Waals surface area (Å²) in [7, 11) is 0. The maximum atomic E-state index is 11.9. The van der Waals surface area contributed by atoms with Gasteiger partial charge in [0.1, 0.15) is 10.4 Å². The molecule has 3 rings (SSSR count). The Morgan fingerprint density at radius 3 is 2.79 bits per heavy atom. The average molecular weight is 367 g/mol. The van der Waals surface area contributed by atoms with Gasteiger partial charge in [-0.2, -0.15) is 0 Å². The Kier molecular flexibility index (Phi) is 4.76. The number of rotatable bonds is 2. The van der Waals surface area contributed by atoms with E-state index in [0.29, 0.717) is 0 Å². The van der Waals surface area contributed by atoms with Gasteiger partial charge in [-0.3, -0.25) is 0 Å². The molecule has 0 spiro atoms. The van der Waals surface area contributed by atoms with Crippen molar-refractivity contribution in [2.45, 2.75) is 63.0 Å². The highest BCUT2D eigenvalue weighted by molar-refractivity contribution is 7.17. The van der Waals surface area contributed by atoms with Gasteiger partial charge in [-0.25, -0.2) is 9.78 Å². The van der Waals surface area contributed by atoms with Crippen LogP contribution in [0.25, 0.3) is 10.2 Å². The lowest BCUT2D eigenvalue weighted by Gasteiger charge is -2.36. The van der Waals surface area contributed by atoms with Crippen LogP contribution in [0.4, 0.5) is 4.79 Å². The Labute approximate surface area is 151 Å². The minimum absolute atomic E-state index is 0.120. The second kappa shape index (κ2) is 6.52. The molecule has 4 nitrogen and oxygen atoms in total. The largest absolute Gasteiger partial charge is 0.444 e. The first-order valence-electron chi connectivity index (χ1n) is 8.28. The highest BCUT2D eigenvalue weighted by Gasteiger charge is 2.37. The molecule has 1 aliphatic carbocycles. The SMILES string of the molecule is CC(C)(C)OC(=O)NC1CCC(Cl)(c2csc3ncccc23)CC1. The van der Waals surface area contributed by atoms with Crippen LogP contribution in [0.3, 0.4) is 0 Å². The zero-order chi connectivity index (χ0) is 17.4. The molecule has 2 aromatic rings. The van der Waals surface area contributed by atoms with Crippen LogP contribution in [0, 0.1) is 0 Å². The third-order valence-electron chi connectivity index (χ3n) is 4.33. The highest BCUT2D eigenvalue weighted by Crippen LogP contribution is 2.46. The number of fused-ring (bicyclic) bond motifs is 1. The van der Waals surface area contributed by atoms with Crippen LogP contribution in [0.1, 0.15) is 52.0 Å². The van der Waals surface area contributed by atoms with E-state index in [2.05, 4.69) is 21.7 Å². The summed E-state index contributed by atoms with van der Waals surface area (Å²) >= 11 is 8.60. The van der Waals surface area contributed by atoms with Crippen LogP contribution in [-0.2, 0) is 9.61 Å². The predicted octanol–water partition coefficient (Wildman–Crippen LogP) is 5.20. The summed E-state index contributed by atoms with van der Waals surface area (Å²) in [6.45, 7) is 5.60. The Morgan fingerprint density at radius 2 is 2.12 bits per heavy atom. The highest BCUT2D eigenvalue weighted by atomic mass is 35.5. The van der Waals surface area contributed by atoms with Crippen molar-refractivity contribution in [3.05, 3.63) is 29.3 Å². The van der Waals surface area contributed by atoms with Crippen LogP contribution < -0.4 is 5.32 Å². The van der Waals surface area contributed by atoms with Gasteiger partial charge in [0.15, 0.2) is 0 Å². The first-order valence-corrected chi connectivity index (χ1v) is 9.54. The molecule has 0 bridgehead atoms. The standard InChI is InChI=1S/C18H23ClN2O2S/c1-17(2,3)23-16(22)21-12-6-8-18(19,9-7-12)14-11-24-15-13(14)5-4-10-20-15/h4-5,10-12H,6-9H2,1-3H3,(H,21,22). The molecule has 0 atom stereocenters. The van der Waals surface area contributed by atoms with Crippen molar-refractivity contribution < 1.29 is 9.53 Å². The number of amides is 1. The Balaban J connectivity index is 1.65. The Morgan fingerprint density at radius 1 is 1.42 bits per heavy atom. The van der Waals surface area contributed by atoms with E-state index < -0.39 is 5.60 Å². The molecule has 1 fully saturated rings. The molecule has 1 aliphatic rings. The lowest BCUT2D eigenvalue weighted by Crippen LogP contribution is -2.42. The minimum Gasteiger partial charge on any atom is -0.444 e. The van der Waals surface area contributed by atoms with Crippen molar-refractivity contribution in [1.29, 1.82) is 0 Å². The van der Waals surface area contributed by atoms with Crippen LogP contribution in [-0.4, -0.2) is 22.7 Å². The monoisotopic (exact) mass is 366 g/mol. The van der Waals surface area contributed by atoms with E-state index in [9.17, 15) is 4.79 Å². The molecule has 2 aromatic heterocycles. The lowest BCUT2D eigenvalue weighted by atomic mass is 9.81. The Hall–Kier alpha value is -1.33. The molecule has 2 heterocycles. The van der Waals surface area contributed by atoms with Gasteiger partial charge in [-0.15, -0.1) is 22.9 Å².